The third kappa shape index (κ3) is 2.81. The molecule has 2 aromatic rings. The minimum absolute atomic E-state index is 0.213. The van der Waals surface area contributed by atoms with Gasteiger partial charge in [0, 0.05) is 0 Å². The van der Waals surface area contributed by atoms with Crippen LogP contribution in [0.25, 0.3) is 11.0 Å². The van der Waals surface area contributed by atoms with Crippen molar-refractivity contribution in [1.29, 1.82) is 0 Å². The lowest BCUT2D eigenvalue weighted by Gasteiger charge is -2.28. The molecule has 1 aromatic carbocycles. The van der Waals surface area contributed by atoms with Crippen molar-refractivity contribution in [3.63, 3.8) is 0 Å². The van der Waals surface area contributed by atoms with Crippen molar-refractivity contribution in [2.24, 2.45) is 0 Å². The Hall–Kier alpha value is -1.46. The molecule has 1 heterocycles. The van der Waals surface area contributed by atoms with Crippen LogP contribution in [-0.2, 0) is 6.54 Å². The minimum atomic E-state index is 0.213. The van der Waals surface area contributed by atoms with Crippen LogP contribution in [-0.4, -0.2) is 58.4 Å². The molecule has 0 fully saturated rings. The highest BCUT2D eigenvalue weighted by Gasteiger charge is 2.15. The second-order valence-electron chi connectivity index (χ2n) is 4.91. The monoisotopic (exact) mass is 235 g/mol. The number of rotatable bonds is 5. The van der Waals surface area contributed by atoms with E-state index >= 15 is 0 Å². The summed E-state index contributed by atoms with van der Waals surface area (Å²) >= 11 is 0. The zero-order valence-electron chi connectivity index (χ0n) is 10.4. The molecule has 5 nitrogen and oxygen atoms in total. The molecule has 0 amide bonds. The van der Waals surface area contributed by atoms with E-state index in [0.29, 0.717) is 0 Å². The Labute approximate surface area is 101 Å². The number of nitrogens with zero attached hydrogens (tertiary/aromatic N) is 4. The Bertz CT molecular complexity index is 492. The summed E-state index contributed by atoms with van der Waals surface area (Å²) in [6.45, 7) is 2.71. The highest BCUT2D eigenvalue weighted by molar-refractivity contribution is 5.73. The number of aromatic nitrogens is 3. The highest BCUT2D eigenvalue weighted by Crippen LogP contribution is 2.10. The Morgan fingerprint density at radius 3 is 2.76 bits per heavy atom. The molecule has 0 unspecified atom stereocenters. The van der Waals surface area contributed by atoms with Crippen LogP contribution < -0.4 is 0 Å². The van der Waals surface area contributed by atoms with Gasteiger partial charge in [-0.2, -0.15) is 0 Å². The van der Waals surface area contributed by atoms with Crippen molar-refractivity contribution in [3.05, 3.63) is 24.3 Å². The maximum Gasteiger partial charge on any atom is 0.113 e. The van der Waals surface area contributed by atoms with Gasteiger partial charge in [-0.15, -0.1) is 5.10 Å². The molecule has 0 aliphatic carbocycles. The summed E-state index contributed by atoms with van der Waals surface area (Å²) in [5, 5.41) is 17.3. The minimum Gasteiger partial charge on any atom is -0.391 e. The summed E-state index contributed by atoms with van der Waals surface area (Å²) in [7, 11) is 4.21. The first-order chi connectivity index (χ1) is 8.12. The van der Waals surface area contributed by atoms with Gasteiger partial charge in [0.2, 0.25) is 0 Å². The predicted octanol–water partition coefficient (Wildman–Crippen LogP) is 0.500. The lowest BCUT2D eigenvalue weighted by atomic mass is 10.3. The number of aliphatic hydroxyl groups excluding tert-OH is 1. The van der Waals surface area contributed by atoms with Crippen molar-refractivity contribution in [2.75, 3.05) is 33.8 Å². The summed E-state index contributed by atoms with van der Waals surface area (Å²) in [6, 6.07) is 7.96. The molecule has 0 saturated heterocycles. The Morgan fingerprint density at radius 1 is 1.24 bits per heavy atom. The van der Waals surface area contributed by atoms with Gasteiger partial charge >= 0.3 is 0 Å². The van der Waals surface area contributed by atoms with E-state index in [4.69, 9.17) is 5.11 Å². The fourth-order valence-electron chi connectivity index (χ4n) is 1.83. The molecular formula is C12H19N4O+. The topological polar surface area (TPSA) is 50.9 Å². The van der Waals surface area contributed by atoms with Gasteiger partial charge < -0.3 is 9.59 Å². The average Bonchev–Trinajstić information content (AvgIpc) is 2.70. The number of para-hydroxylation sites is 1. The molecule has 5 heteroatoms. The van der Waals surface area contributed by atoms with E-state index in [-0.39, 0.29) is 6.61 Å². The highest BCUT2D eigenvalue weighted by atomic mass is 16.3. The zero-order valence-corrected chi connectivity index (χ0v) is 10.4. The molecule has 0 spiro atoms. The number of fused-ring (bicyclic) bond motifs is 1. The van der Waals surface area contributed by atoms with Crippen LogP contribution in [0.4, 0.5) is 0 Å². The Balaban J connectivity index is 2.09. The lowest BCUT2D eigenvalue weighted by Crippen LogP contribution is -2.44. The quantitative estimate of drug-likeness (QED) is 0.768. The van der Waals surface area contributed by atoms with Crippen LogP contribution >= 0.6 is 0 Å². The molecule has 0 radical (unpaired) electrons. The summed E-state index contributed by atoms with van der Waals surface area (Å²) in [4.78, 5) is 0. The molecule has 17 heavy (non-hydrogen) atoms. The molecule has 1 aromatic heterocycles. The van der Waals surface area contributed by atoms with E-state index in [1.807, 2.05) is 28.9 Å². The first kappa shape index (κ1) is 12.0. The molecule has 0 bridgehead atoms. The van der Waals surface area contributed by atoms with Gasteiger partial charge in [0.1, 0.15) is 12.1 Å². The van der Waals surface area contributed by atoms with Crippen LogP contribution in [0.3, 0.4) is 0 Å². The van der Waals surface area contributed by atoms with Gasteiger partial charge in [0.25, 0.3) is 0 Å². The van der Waals surface area contributed by atoms with Crippen molar-refractivity contribution >= 4 is 11.0 Å². The third-order valence-electron chi connectivity index (χ3n) is 3.04. The van der Waals surface area contributed by atoms with E-state index in [1.165, 1.54) is 0 Å². The first-order valence-electron chi connectivity index (χ1n) is 5.83. The van der Waals surface area contributed by atoms with Crippen molar-refractivity contribution in [2.45, 2.75) is 6.54 Å². The number of benzene rings is 1. The molecule has 0 aliphatic heterocycles. The van der Waals surface area contributed by atoms with Gasteiger partial charge in [0.15, 0.2) is 0 Å². The summed E-state index contributed by atoms with van der Waals surface area (Å²) in [5.41, 5.74) is 2.00. The average molecular weight is 235 g/mol. The van der Waals surface area contributed by atoms with Gasteiger partial charge in [0.05, 0.1) is 39.3 Å². The first-order valence-corrected chi connectivity index (χ1v) is 5.83. The van der Waals surface area contributed by atoms with Crippen LogP contribution in [0.2, 0.25) is 0 Å². The number of quaternary nitrogens is 1. The predicted molar refractivity (Wildman–Crippen MR) is 66.5 cm³/mol. The smallest absolute Gasteiger partial charge is 0.113 e. The van der Waals surface area contributed by atoms with Gasteiger partial charge in [-0.3, -0.25) is 0 Å². The normalized spacial score (nSPS) is 12.2. The molecule has 1 N–H and O–H groups in total. The SMILES string of the molecule is C[N+](C)(CCO)CCn1nnc2ccccc21. The molecule has 0 atom stereocenters. The molecule has 0 aliphatic rings. The van der Waals surface area contributed by atoms with Gasteiger partial charge in [-0.05, 0) is 12.1 Å². The van der Waals surface area contributed by atoms with Gasteiger partial charge in [-0.1, -0.05) is 17.3 Å². The number of likely N-dealkylation sites (N-methyl/N-ethyl adjacent to an activating group) is 1. The van der Waals surface area contributed by atoms with Crippen molar-refractivity contribution in [3.8, 4) is 0 Å². The largest absolute Gasteiger partial charge is 0.391 e. The molecule has 0 saturated carbocycles. The number of hydrogen-bond acceptors (Lipinski definition) is 3. The molecule has 2 rings (SSSR count). The van der Waals surface area contributed by atoms with Crippen LogP contribution in [0.15, 0.2) is 24.3 Å². The standard InChI is InChI=1S/C12H19N4O/c1-16(2,9-10-17)8-7-15-12-6-4-3-5-11(12)13-14-15/h3-6,17H,7-10H2,1-2H3/q+1. The molecule has 92 valence electrons. The van der Waals surface area contributed by atoms with Crippen LogP contribution in [0.5, 0.6) is 0 Å². The third-order valence-corrected chi connectivity index (χ3v) is 3.04. The van der Waals surface area contributed by atoms with Crippen molar-refractivity contribution < 1.29 is 9.59 Å². The molecular weight excluding hydrogens is 216 g/mol. The fraction of sp³-hybridized carbons (Fsp3) is 0.500. The fourth-order valence-corrected chi connectivity index (χ4v) is 1.83. The maximum absolute atomic E-state index is 8.98. The van der Waals surface area contributed by atoms with Crippen molar-refractivity contribution in [1.82, 2.24) is 15.0 Å². The summed E-state index contributed by atoms with van der Waals surface area (Å²) in [5.74, 6) is 0. The van der Waals surface area contributed by atoms with E-state index in [2.05, 4.69) is 24.4 Å². The second kappa shape index (κ2) is 4.81. The summed E-state index contributed by atoms with van der Waals surface area (Å²) in [6.07, 6.45) is 0. The van der Waals surface area contributed by atoms with Crippen LogP contribution in [0, 0.1) is 0 Å². The number of hydrogen-bond donors (Lipinski definition) is 1. The zero-order chi connectivity index (χ0) is 12.3. The van der Waals surface area contributed by atoms with E-state index in [0.717, 1.165) is 35.2 Å². The second-order valence-corrected chi connectivity index (χ2v) is 4.91. The maximum atomic E-state index is 8.98. The Morgan fingerprint density at radius 2 is 2.00 bits per heavy atom. The van der Waals surface area contributed by atoms with E-state index < -0.39 is 0 Å². The number of aliphatic hydroxyl groups is 1. The Kier molecular flexibility index (Phi) is 3.40. The lowest BCUT2D eigenvalue weighted by molar-refractivity contribution is -0.891. The summed E-state index contributed by atoms with van der Waals surface area (Å²) < 4.78 is 2.71. The van der Waals surface area contributed by atoms with E-state index in [9.17, 15) is 0 Å². The van der Waals surface area contributed by atoms with Gasteiger partial charge in [-0.25, -0.2) is 4.68 Å². The van der Waals surface area contributed by atoms with E-state index in [1.54, 1.807) is 0 Å². The van der Waals surface area contributed by atoms with Crippen LogP contribution in [0.1, 0.15) is 0 Å².